The van der Waals surface area contributed by atoms with Gasteiger partial charge in [-0.15, -0.1) is 0 Å². The van der Waals surface area contributed by atoms with Crippen molar-refractivity contribution >= 4 is 17.2 Å². The predicted molar refractivity (Wildman–Crippen MR) is 132 cm³/mol. The number of aromatic nitrogens is 4. The normalized spacial score (nSPS) is 17.8. The Balaban J connectivity index is 1.49. The van der Waals surface area contributed by atoms with E-state index in [0.717, 1.165) is 36.2 Å². The summed E-state index contributed by atoms with van der Waals surface area (Å²) in [6.07, 6.45) is 8.91. The van der Waals surface area contributed by atoms with Crippen LogP contribution in [0.2, 0.25) is 0 Å². The van der Waals surface area contributed by atoms with Crippen LogP contribution in [-0.2, 0) is 0 Å². The van der Waals surface area contributed by atoms with E-state index in [1.807, 2.05) is 6.07 Å². The molecule has 8 nitrogen and oxygen atoms in total. The van der Waals surface area contributed by atoms with Crippen molar-refractivity contribution in [1.29, 1.82) is 0 Å². The zero-order valence-electron chi connectivity index (χ0n) is 19.7. The van der Waals surface area contributed by atoms with Crippen LogP contribution in [0.25, 0.3) is 16.8 Å². The molecule has 36 heavy (non-hydrogen) atoms. The molecule has 0 saturated carbocycles. The first kappa shape index (κ1) is 23.8. The third-order valence-electron chi connectivity index (χ3n) is 6.18. The van der Waals surface area contributed by atoms with Gasteiger partial charge in [-0.1, -0.05) is 11.6 Å². The summed E-state index contributed by atoms with van der Waals surface area (Å²) in [6.45, 7) is 1.76. The molecule has 3 aromatic heterocycles. The van der Waals surface area contributed by atoms with Crippen molar-refractivity contribution in [1.82, 2.24) is 19.6 Å². The third kappa shape index (κ3) is 4.77. The number of nitrogens with two attached hydrogens (primary N) is 1. The van der Waals surface area contributed by atoms with Crippen LogP contribution in [0.5, 0.6) is 5.75 Å². The van der Waals surface area contributed by atoms with Crippen molar-refractivity contribution in [2.24, 2.45) is 5.73 Å². The monoisotopic (exact) mass is 492 g/mol. The minimum atomic E-state index is -0.823. The van der Waals surface area contributed by atoms with E-state index in [9.17, 15) is 8.78 Å². The fourth-order valence-corrected chi connectivity index (χ4v) is 4.67. The Hall–Kier alpha value is -3.89. The average Bonchev–Trinajstić information content (AvgIpc) is 3.24. The van der Waals surface area contributed by atoms with Gasteiger partial charge in [0, 0.05) is 24.4 Å². The highest BCUT2D eigenvalue weighted by Crippen LogP contribution is 2.37. The molecule has 10 heteroatoms. The maximum atomic E-state index is 14.8. The minimum Gasteiger partial charge on any atom is -0.491 e. The molecule has 0 aliphatic heterocycles. The second kappa shape index (κ2) is 10.00. The van der Waals surface area contributed by atoms with E-state index in [4.69, 9.17) is 15.6 Å². The van der Waals surface area contributed by atoms with Gasteiger partial charge in [-0.3, -0.25) is 4.98 Å². The van der Waals surface area contributed by atoms with Gasteiger partial charge in [-0.2, -0.15) is 9.61 Å². The Morgan fingerprint density at radius 1 is 1.19 bits per heavy atom. The fraction of sp³-hybridized carbons (Fsp3) is 0.269. The first-order chi connectivity index (χ1) is 17.4. The van der Waals surface area contributed by atoms with E-state index in [1.165, 1.54) is 16.2 Å². The number of halogens is 2. The Labute approximate surface area is 206 Å². The van der Waals surface area contributed by atoms with Gasteiger partial charge in [0.1, 0.15) is 24.0 Å². The molecule has 0 spiro atoms. The molecule has 0 bridgehead atoms. The van der Waals surface area contributed by atoms with Gasteiger partial charge in [0.25, 0.3) is 0 Å². The number of imidazole rings is 1. The number of allylic oxidation sites excluding steroid dienone is 1. The highest BCUT2D eigenvalue weighted by Gasteiger charge is 2.23. The van der Waals surface area contributed by atoms with Gasteiger partial charge < -0.3 is 20.9 Å². The summed E-state index contributed by atoms with van der Waals surface area (Å²) in [7, 11) is 0. The lowest BCUT2D eigenvalue weighted by atomic mass is 9.82. The fourth-order valence-electron chi connectivity index (χ4n) is 4.67. The highest BCUT2D eigenvalue weighted by molar-refractivity contribution is 5.66. The molecule has 0 amide bonds. The van der Waals surface area contributed by atoms with E-state index in [-0.39, 0.29) is 42.2 Å². The number of hydrogen-bond donors (Lipinski definition) is 3. The van der Waals surface area contributed by atoms with Crippen LogP contribution in [0.1, 0.15) is 31.2 Å². The van der Waals surface area contributed by atoms with Crippen LogP contribution >= 0.6 is 0 Å². The van der Waals surface area contributed by atoms with Crippen LogP contribution in [0.3, 0.4) is 0 Å². The largest absolute Gasteiger partial charge is 0.491 e. The molecule has 1 aromatic carbocycles. The Bertz CT molecular complexity index is 1410. The van der Waals surface area contributed by atoms with Crippen LogP contribution in [0.4, 0.5) is 20.4 Å². The quantitative estimate of drug-likeness (QED) is 0.329. The summed E-state index contributed by atoms with van der Waals surface area (Å²) in [6, 6.07) is 7.32. The van der Waals surface area contributed by atoms with Crippen LogP contribution in [-0.4, -0.2) is 43.9 Å². The van der Waals surface area contributed by atoms with Gasteiger partial charge in [-0.25, -0.2) is 13.8 Å². The lowest BCUT2D eigenvalue weighted by Crippen LogP contribution is -2.25. The number of aliphatic hydroxyl groups is 1. The maximum Gasteiger partial charge on any atom is 0.229 e. The smallest absolute Gasteiger partial charge is 0.229 e. The Morgan fingerprint density at radius 2 is 2.00 bits per heavy atom. The number of ether oxygens (including phenoxy) is 1. The molecule has 0 radical (unpaired) electrons. The second-order valence-corrected chi connectivity index (χ2v) is 8.87. The second-order valence-electron chi connectivity index (χ2n) is 8.87. The number of benzene rings is 1. The number of pyridine rings is 1. The van der Waals surface area contributed by atoms with Crippen molar-refractivity contribution in [3.05, 3.63) is 77.8 Å². The third-order valence-corrected chi connectivity index (χ3v) is 6.18. The summed E-state index contributed by atoms with van der Waals surface area (Å²) < 4.78 is 36.3. The minimum absolute atomic E-state index is 0.00790. The van der Waals surface area contributed by atoms with E-state index >= 15 is 0 Å². The van der Waals surface area contributed by atoms with Crippen molar-refractivity contribution in [3.8, 4) is 17.0 Å². The zero-order valence-corrected chi connectivity index (χ0v) is 19.7. The van der Waals surface area contributed by atoms with E-state index in [2.05, 4.69) is 33.4 Å². The van der Waals surface area contributed by atoms with Gasteiger partial charge in [-0.05, 0) is 49.4 Å². The lowest BCUT2D eigenvalue weighted by Gasteiger charge is -2.27. The summed E-state index contributed by atoms with van der Waals surface area (Å²) in [5.41, 5.74) is 9.76. The Kier molecular flexibility index (Phi) is 6.62. The molecule has 0 unspecified atom stereocenters. The molecular weight excluding hydrogens is 466 g/mol. The van der Waals surface area contributed by atoms with Gasteiger partial charge >= 0.3 is 0 Å². The van der Waals surface area contributed by atoms with Crippen LogP contribution < -0.4 is 15.8 Å². The topological polar surface area (TPSA) is 111 Å². The number of nitrogens with zero attached hydrogens (tertiary/aromatic N) is 4. The molecule has 1 aliphatic carbocycles. The summed E-state index contributed by atoms with van der Waals surface area (Å²) in [5.74, 6) is -1.05. The number of rotatable bonds is 7. The van der Waals surface area contributed by atoms with Gasteiger partial charge in [0.15, 0.2) is 0 Å². The lowest BCUT2D eigenvalue weighted by molar-refractivity contribution is 0.200. The number of fused-ring (bicyclic) bond motifs is 1. The van der Waals surface area contributed by atoms with Gasteiger partial charge in [0.2, 0.25) is 5.95 Å². The zero-order chi connectivity index (χ0) is 25.2. The number of nitrogens with one attached hydrogen (secondary N) is 1. The molecule has 2 atom stereocenters. The van der Waals surface area contributed by atoms with E-state index in [0.29, 0.717) is 11.5 Å². The first-order valence-electron chi connectivity index (χ1n) is 11.6. The summed E-state index contributed by atoms with van der Waals surface area (Å²) >= 11 is 0. The van der Waals surface area contributed by atoms with Crippen molar-refractivity contribution in [3.63, 3.8) is 0 Å². The van der Waals surface area contributed by atoms with Gasteiger partial charge in [0.05, 0.1) is 41.5 Å². The molecule has 4 aromatic rings. The standard InChI is InChI=1S/C26H26F2N6O2/c1-15-8-16(10-17(29)9-15)20-4-5-30-14-24(20)32-26-31-13-18-2-3-23(33-34(18)26)25-21(27)11-19(12-22(25)28)36-7-6-35/h2-5,9,11-14,16-17,35H,6-8,10,29H2,1H3,(H,31,32)/t16-,17+/m1/s1. The first-order valence-corrected chi connectivity index (χ1v) is 11.6. The molecule has 5 rings (SSSR count). The number of hydrogen-bond acceptors (Lipinski definition) is 7. The number of aliphatic hydroxyl groups excluding tert-OH is 1. The predicted octanol–water partition coefficient (Wildman–Crippen LogP) is 4.34. The molecule has 0 fully saturated rings. The van der Waals surface area contributed by atoms with Crippen molar-refractivity contribution < 1.29 is 18.6 Å². The molecule has 4 N–H and O–H groups in total. The van der Waals surface area contributed by atoms with E-state index < -0.39 is 11.6 Å². The average molecular weight is 493 g/mol. The molecule has 186 valence electrons. The Morgan fingerprint density at radius 3 is 2.75 bits per heavy atom. The highest BCUT2D eigenvalue weighted by atomic mass is 19.1. The van der Waals surface area contributed by atoms with Crippen molar-refractivity contribution in [2.45, 2.75) is 31.7 Å². The van der Waals surface area contributed by atoms with E-state index in [1.54, 1.807) is 24.7 Å². The number of anilines is 2. The summed E-state index contributed by atoms with van der Waals surface area (Å²) in [5, 5.41) is 16.6. The summed E-state index contributed by atoms with van der Waals surface area (Å²) in [4.78, 5) is 8.69. The van der Waals surface area contributed by atoms with Crippen molar-refractivity contribution in [2.75, 3.05) is 18.5 Å². The SMILES string of the molecule is CC1=C[C@H](N)C[C@H](c2ccncc2Nc2ncc3ccc(-c4c(F)cc(OCCO)cc4F)nn23)C1. The molecule has 0 saturated heterocycles. The molecule has 3 heterocycles. The van der Waals surface area contributed by atoms with Crippen LogP contribution in [0, 0.1) is 11.6 Å². The van der Waals surface area contributed by atoms with Crippen LogP contribution in [0.15, 0.2) is 60.6 Å². The maximum absolute atomic E-state index is 14.8. The molecule has 1 aliphatic rings. The molecular formula is C26H26F2N6O2.